The second-order valence-electron chi connectivity index (χ2n) is 7.03. The molecule has 1 N–H and O–H groups in total. The molecule has 0 radical (unpaired) electrons. The predicted molar refractivity (Wildman–Crippen MR) is 111 cm³/mol. The van der Waals surface area contributed by atoms with Gasteiger partial charge in [-0.25, -0.2) is 9.37 Å². The molecule has 6 nitrogen and oxygen atoms in total. The summed E-state index contributed by atoms with van der Waals surface area (Å²) in [6.07, 6.45) is 1.44. The average molecular weight is 409 g/mol. The number of anilines is 1. The fourth-order valence-electron chi connectivity index (χ4n) is 3.96. The highest BCUT2D eigenvalue weighted by atomic mass is 32.1. The molecule has 0 amide bonds. The first-order valence-corrected chi connectivity index (χ1v) is 10.3. The molecule has 1 aliphatic rings. The first kappa shape index (κ1) is 18.1. The highest BCUT2D eigenvalue weighted by Gasteiger charge is 2.31. The van der Waals surface area contributed by atoms with Crippen LogP contribution in [0.4, 0.5) is 10.1 Å². The number of rotatable bonds is 4. The Morgan fingerprint density at radius 3 is 2.41 bits per heavy atom. The first-order chi connectivity index (χ1) is 14.2. The lowest BCUT2D eigenvalue weighted by atomic mass is 10.0. The second kappa shape index (κ2) is 7.46. The molecular weight excluding hydrogens is 389 g/mol. The monoisotopic (exact) mass is 409 g/mol. The van der Waals surface area contributed by atoms with Crippen LogP contribution in [0.3, 0.4) is 0 Å². The van der Waals surface area contributed by atoms with Gasteiger partial charge < -0.3 is 10.0 Å². The SMILES string of the molecule is Oc1c([C@@H](c2ccccc2)N2CCN(c3ccccc3F)CC2)sc2ncnn12. The van der Waals surface area contributed by atoms with Crippen molar-refractivity contribution in [2.75, 3.05) is 31.1 Å². The number of fused-ring (bicyclic) bond motifs is 1. The molecule has 2 aromatic heterocycles. The molecule has 29 heavy (non-hydrogen) atoms. The van der Waals surface area contributed by atoms with Crippen LogP contribution in [0.15, 0.2) is 60.9 Å². The predicted octanol–water partition coefficient (Wildman–Crippen LogP) is 3.55. The maximum Gasteiger partial charge on any atom is 0.230 e. The third kappa shape index (κ3) is 3.24. The summed E-state index contributed by atoms with van der Waals surface area (Å²) in [5, 5.41) is 14.9. The number of aromatic hydroxyl groups is 1. The number of thiazole rings is 1. The molecule has 2 aromatic carbocycles. The smallest absolute Gasteiger partial charge is 0.230 e. The van der Waals surface area contributed by atoms with E-state index in [1.807, 2.05) is 30.3 Å². The van der Waals surface area contributed by atoms with E-state index in [-0.39, 0.29) is 17.7 Å². The number of hydrogen-bond acceptors (Lipinski definition) is 6. The van der Waals surface area contributed by atoms with Crippen LogP contribution in [0, 0.1) is 5.82 Å². The number of aromatic nitrogens is 3. The second-order valence-corrected chi connectivity index (χ2v) is 8.04. The normalized spacial score (nSPS) is 16.4. The van der Waals surface area contributed by atoms with Gasteiger partial charge in [-0.1, -0.05) is 53.8 Å². The Morgan fingerprint density at radius 1 is 0.966 bits per heavy atom. The summed E-state index contributed by atoms with van der Waals surface area (Å²) in [5.74, 6) is -0.0587. The van der Waals surface area contributed by atoms with E-state index in [4.69, 9.17) is 0 Å². The molecule has 1 saturated heterocycles. The van der Waals surface area contributed by atoms with E-state index in [0.717, 1.165) is 23.5 Å². The number of nitrogens with zero attached hydrogens (tertiary/aromatic N) is 5. The largest absolute Gasteiger partial charge is 0.492 e. The Morgan fingerprint density at radius 2 is 1.69 bits per heavy atom. The number of benzene rings is 2. The van der Waals surface area contributed by atoms with Crippen LogP contribution in [-0.4, -0.2) is 50.8 Å². The van der Waals surface area contributed by atoms with Gasteiger partial charge in [0.05, 0.1) is 16.6 Å². The van der Waals surface area contributed by atoms with Crippen LogP contribution in [-0.2, 0) is 0 Å². The highest BCUT2D eigenvalue weighted by Crippen LogP contribution is 2.40. The van der Waals surface area contributed by atoms with E-state index in [2.05, 4.69) is 32.0 Å². The van der Waals surface area contributed by atoms with E-state index >= 15 is 0 Å². The highest BCUT2D eigenvalue weighted by molar-refractivity contribution is 7.17. The molecule has 0 saturated carbocycles. The zero-order chi connectivity index (χ0) is 19.8. The van der Waals surface area contributed by atoms with Gasteiger partial charge in [-0.3, -0.25) is 4.90 Å². The molecule has 0 unspecified atom stereocenters. The fourth-order valence-corrected chi connectivity index (χ4v) is 5.06. The van der Waals surface area contributed by atoms with Gasteiger partial charge in [0.2, 0.25) is 10.8 Å². The van der Waals surface area contributed by atoms with Gasteiger partial charge in [-0.2, -0.15) is 9.61 Å². The topological polar surface area (TPSA) is 56.9 Å². The van der Waals surface area contributed by atoms with Crippen molar-refractivity contribution in [2.45, 2.75) is 6.04 Å². The van der Waals surface area contributed by atoms with Crippen molar-refractivity contribution in [3.05, 3.63) is 77.2 Å². The lowest BCUT2D eigenvalue weighted by Crippen LogP contribution is -2.48. The molecule has 3 heterocycles. The quantitative estimate of drug-likeness (QED) is 0.559. The lowest BCUT2D eigenvalue weighted by molar-refractivity contribution is 0.210. The molecule has 1 fully saturated rings. The molecule has 5 rings (SSSR count). The molecular formula is C21H20FN5OS. The molecule has 1 atom stereocenters. The Kier molecular flexibility index (Phi) is 4.65. The van der Waals surface area contributed by atoms with Crippen molar-refractivity contribution in [1.29, 1.82) is 0 Å². The minimum Gasteiger partial charge on any atom is -0.492 e. The van der Waals surface area contributed by atoms with Crippen LogP contribution < -0.4 is 4.90 Å². The molecule has 0 spiro atoms. The molecule has 0 bridgehead atoms. The number of para-hydroxylation sites is 1. The van der Waals surface area contributed by atoms with Crippen LogP contribution in [0.1, 0.15) is 16.5 Å². The van der Waals surface area contributed by atoms with Crippen molar-refractivity contribution in [3.8, 4) is 5.88 Å². The van der Waals surface area contributed by atoms with E-state index < -0.39 is 0 Å². The summed E-state index contributed by atoms with van der Waals surface area (Å²) in [6.45, 7) is 2.93. The first-order valence-electron chi connectivity index (χ1n) is 9.52. The van der Waals surface area contributed by atoms with E-state index in [1.165, 1.54) is 28.2 Å². The number of hydrogen-bond donors (Lipinski definition) is 1. The maximum absolute atomic E-state index is 14.2. The molecule has 148 valence electrons. The zero-order valence-corrected chi connectivity index (χ0v) is 16.5. The molecule has 8 heteroatoms. The van der Waals surface area contributed by atoms with Gasteiger partial charge in [0, 0.05) is 26.2 Å². The minimum absolute atomic E-state index is 0.104. The van der Waals surface area contributed by atoms with Gasteiger partial charge in [-0.15, -0.1) is 0 Å². The van der Waals surface area contributed by atoms with Gasteiger partial charge in [0.25, 0.3) is 0 Å². The Hall–Kier alpha value is -2.97. The van der Waals surface area contributed by atoms with Crippen molar-refractivity contribution >= 4 is 22.0 Å². The van der Waals surface area contributed by atoms with Crippen LogP contribution >= 0.6 is 11.3 Å². The Labute approximate surface area is 171 Å². The van der Waals surface area contributed by atoms with Crippen LogP contribution in [0.5, 0.6) is 5.88 Å². The van der Waals surface area contributed by atoms with E-state index in [1.54, 1.807) is 6.07 Å². The van der Waals surface area contributed by atoms with Gasteiger partial charge in [0.1, 0.15) is 12.1 Å². The number of piperazine rings is 1. The Balaban J connectivity index is 1.46. The van der Waals surface area contributed by atoms with Gasteiger partial charge in [-0.05, 0) is 17.7 Å². The third-order valence-corrected chi connectivity index (χ3v) is 6.46. The molecule has 4 aromatic rings. The molecule has 1 aliphatic heterocycles. The standard InChI is InChI=1S/C21H20FN5OS/c22-16-8-4-5-9-17(16)25-10-12-26(13-11-25)18(15-6-2-1-3-7-15)19-20(28)27-21(29-19)23-14-24-27/h1-9,14,18,28H,10-13H2/t18-/m1/s1. The van der Waals surface area contributed by atoms with Gasteiger partial charge in [0.15, 0.2) is 0 Å². The minimum atomic E-state index is -0.191. The third-order valence-electron chi connectivity index (χ3n) is 5.37. The van der Waals surface area contributed by atoms with Crippen molar-refractivity contribution in [2.24, 2.45) is 0 Å². The fraction of sp³-hybridized carbons (Fsp3) is 0.238. The van der Waals surface area contributed by atoms with Gasteiger partial charge >= 0.3 is 0 Å². The summed E-state index contributed by atoms with van der Waals surface area (Å²) >= 11 is 1.45. The van der Waals surface area contributed by atoms with Crippen molar-refractivity contribution in [3.63, 3.8) is 0 Å². The van der Waals surface area contributed by atoms with E-state index in [0.29, 0.717) is 23.7 Å². The maximum atomic E-state index is 14.2. The lowest BCUT2D eigenvalue weighted by Gasteiger charge is -2.40. The van der Waals surface area contributed by atoms with Crippen LogP contribution in [0.25, 0.3) is 4.96 Å². The van der Waals surface area contributed by atoms with Crippen LogP contribution in [0.2, 0.25) is 0 Å². The zero-order valence-electron chi connectivity index (χ0n) is 15.6. The van der Waals surface area contributed by atoms with E-state index in [9.17, 15) is 9.50 Å². The summed E-state index contributed by atoms with van der Waals surface area (Å²) < 4.78 is 15.7. The summed E-state index contributed by atoms with van der Waals surface area (Å²) in [7, 11) is 0. The van der Waals surface area contributed by atoms with Crippen molar-refractivity contribution in [1.82, 2.24) is 19.5 Å². The number of halogens is 1. The average Bonchev–Trinajstić information content (AvgIpc) is 3.34. The summed E-state index contributed by atoms with van der Waals surface area (Å²) in [6, 6.07) is 16.9. The summed E-state index contributed by atoms with van der Waals surface area (Å²) in [4.78, 5) is 10.1. The Bertz CT molecular complexity index is 1120. The molecule has 0 aliphatic carbocycles. The van der Waals surface area contributed by atoms with Crippen molar-refractivity contribution < 1.29 is 9.50 Å². The summed E-state index contributed by atoms with van der Waals surface area (Å²) in [5.41, 5.74) is 1.75.